The van der Waals surface area contributed by atoms with E-state index in [0.29, 0.717) is 36.9 Å². The summed E-state index contributed by atoms with van der Waals surface area (Å²) < 4.78 is 26.5. The number of fused-ring (bicyclic) bond motifs is 1. The summed E-state index contributed by atoms with van der Waals surface area (Å²) >= 11 is 0. The quantitative estimate of drug-likeness (QED) is 0.414. The highest BCUT2D eigenvalue weighted by molar-refractivity contribution is 5.98. The van der Waals surface area contributed by atoms with Crippen molar-refractivity contribution in [2.24, 2.45) is 11.8 Å². The molecule has 3 heterocycles. The Balaban J connectivity index is 1.38. The van der Waals surface area contributed by atoms with Gasteiger partial charge in [-0.05, 0) is 67.6 Å². The average Bonchev–Trinajstić information content (AvgIpc) is 3.46. The van der Waals surface area contributed by atoms with Gasteiger partial charge in [0, 0.05) is 36.5 Å². The second kappa shape index (κ2) is 12.0. The highest BCUT2D eigenvalue weighted by atomic mass is 19.1. The maximum absolute atomic E-state index is 15.2. The molecule has 0 radical (unpaired) electrons. The summed E-state index contributed by atoms with van der Waals surface area (Å²) in [5.41, 5.74) is 3.12. The van der Waals surface area contributed by atoms with Gasteiger partial charge in [0.1, 0.15) is 5.82 Å². The van der Waals surface area contributed by atoms with Gasteiger partial charge in [-0.3, -0.25) is 9.59 Å². The van der Waals surface area contributed by atoms with Crippen molar-refractivity contribution in [1.29, 1.82) is 0 Å². The van der Waals surface area contributed by atoms with Crippen molar-refractivity contribution in [3.63, 3.8) is 0 Å². The number of piperidine rings is 1. The zero-order valence-corrected chi connectivity index (χ0v) is 23.2. The van der Waals surface area contributed by atoms with Crippen LogP contribution in [0, 0.1) is 24.6 Å². The Kier molecular flexibility index (Phi) is 8.03. The van der Waals surface area contributed by atoms with Crippen LogP contribution >= 0.6 is 0 Å². The van der Waals surface area contributed by atoms with Crippen molar-refractivity contribution in [3.8, 4) is 0 Å². The first-order valence-electron chi connectivity index (χ1n) is 14.5. The first-order valence-corrected chi connectivity index (χ1v) is 14.5. The molecule has 3 saturated heterocycles. The van der Waals surface area contributed by atoms with Crippen molar-refractivity contribution in [2.45, 2.75) is 44.3 Å². The van der Waals surface area contributed by atoms with Crippen molar-refractivity contribution in [1.82, 2.24) is 4.90 Å². The Labute approximate surface area is 240 Å². The topological polar surface area (TPSA) is 79.9 Å². The number of likely N-dealkylation sites (tertiary alicyclic amines) is 1. The molecule has 8 heteroatoms. The van der Waals surface area contributed by atoms with E-state index in [2.05, 4.69) is 10.6 Å². The van der Waals surface area contributed by atoms with Crippen LogP contribution in [0.1, 0.15) is 46.8 Å². The van der Waals surface area contributed by atoms with Gasteiger partial charge in [0.15, 0.2) is 0 Å². The number of hydrogen-bond donors (Lipinski definition) is 2. The Morgan fingerprint density at radius 2 is 1.63 bits per heavy atom. The fourth-order valence-corrected chi connectivity index (χ4v) is 6.54. The molecule has 0 bridgehead atoms. The minimum atomic E-state index is -0.592. The predicted molar refractivity (Wildman–Crippen MR) is 155 cm³/mol. The normalized spacial score (nSPS) is 24.5. The van der Waals surface area contributed by atoms with Crippen LogP contribution < -0.4 is 10.6 Å². The first kappa shape index (κ1) is 27.4. The molecule has 0 aliphatic carbocycles. The van der Waals surface area contributed by atoms with Gasteiger partial charge in [0.2, 0.25) is 5.91 Å². The van der Waals surface area contributed by atoms with Crippen molar-refractivity contribution >= 4 is 23.2 Å². The number of halogens is 1. The molecule has 3 aromatic rings. The van der Waals surface area contributed by atoms with Crippen molar-refractivity contribution in [2.75, 3.05) is 37.1 Å². The number of anilines is 2. The highest BCUT2D eigenvalue weighted by Crippen LogP contribution is 2.45. The third-order valence-electron chi connectivity index (χ3n) is 8.65. The molecule has 4 atom stereocenters. The van der Waals surface area contributed by atoms with Gasteiger partial charge >= 0.3 is 0 Å². The number of amides is 2. The fourth-order valence-electron chi connectivity index (χ4n) is 6.54. The Bertz CT molecular complexity index is 1360. The SMILES string of the molecule is Cc1cccc(F)c1C(=O)N1C(c2ccc(NC3CCOCC3)cc2)C(C(=O)Nc2ccccc2)C[C@@H]2COC[C@@H]21. The largest absolute Gasteiger partial charge is 0.382 e. The monoisotopic (exact) mass is 557 g/mol. The Morgan fingerprint density at radius 3 is 2.37 bits per heavy atom. The molecule has 0 aromatic heterocycles. The van der Waals surface area contributed by atoms with Crippen LogP contribution in [-0.2, 0) is 14.3 Å². The van der Waals surface area contributed by atoms with E-state index in [1.54, 1.807) is 24.0 Å². The second-order valence-electron chi connectivity index (χ2n) is 11.3. The van der Waals surface area contributed by atoms with Crippen LogP contribution in [0.2, 0.25) is 0 Å². The van der Waals surface area contributed by atoms with Crippen molar-refractivity contribution in [3.05, 3.63) is 95.3 Å². The molecule has 41 heavy (non-hydrogen) atoms. The lowest BCUT2D eigenvalue weighted by Gasteiger charge is -2.47. The molecule has 2 amide bonds. The summed E-state index contributed by atoms with van der Waals surface area (Å²) in [4.78, 5) is 30.0. The molecular formula is C33H36FN3O4. The molecule has 7 nitrogen and oxygen atoms in total. The van der Waals surface area contributed by atoms with Gasteiger partial charge in [-0.25, -0.2) is 4.39 Å². The summed E-state index contributed by atoms with van der Waals surface area (Å²) in [6.45, 7) is 4.05. The number of hydrogen-bond acceptors (Lipinski definition) is 5. The smallest absolute Gasteiger partial charge is 0.257 e. The zero-order valence-electron chi connectivity index (χ0n) is 23.2. The summed E-state index contributed by atoms with van der Waals surface area (Å²) in [6.07, 6.45) is 2.45. The summed E-state index contributed by atoms with van der Waals surface area (Å²) in [6, 6.07) is 21.5. The lowest BCUT2D eigenvalue weighted by molar-refractivity contribution is -0.124. The number of ether oxygens (including phenoxy) is 2. The van der Waals surface area contributed by atoms with E-state index < -0.39 is 23.7 Å². The summed E-state index contributed by atoms with van der Waals surface area (Å²) in [5.74, 6) is -1.71. The number of carbonyl (C=O) groups is 2. The average molecular weight is 558 g/mol. The minimum absolute atomic E-state index is 0.0248. The fraction of sp³-hybridized carbons (Fsp3) is 0.394. The van der Waals surface area contributed by atoms with Gasteiger partial charge < -0.3 is 25.0 Å². The number of benzene rings is 3. The number of carbonyl (C=O) groups excluding carboxylic acids is 2. The molecule has 0 saturated carbocycles. The minimum Gasteiger partial charge on any atom is -0.382 e. The van der Waals surface area contributed by atoms with Gasteiger partial charge in [-0.15, -0.1) is 0 Å². The molecule has 2 N–H and O–H groups in total. The standard InChI is InChI=1S/C33H36FN3O4/c1-21-6-5-9-28(34)30(21)33(39)37-29-20-41-19-23(29)18-27(32(38)36-24-7-3-2-4-8-24)31(37)22-10-12-25(13-11-22)35-26-14-16-40-17-15-26/h2-13,23,26-27,29,31,35H,14-20H2,1H3,(H,36,38)/t23-,27?,29+,31?/m1/s1. The van der Waals surface area contributed by atoms with E-state index in [-0.39, 0.29) is 23.4 Å². The third-order valence-corrected chi connectivity index (χ3v) is 8.65. The first-order chi connectivity index (χ1) is 20.0. The van der Waals surface area contributed by atoms with Crippen LogP contribution in [0.15, 0.2) is 72.8 Å². The molecule has 3 aromatic carbocycles. The van der Waals surface area contributed by atoms with Gasteiger partial charge in [0.25, 0.3) is 5.91 Å². The van der Waals surface area contributed by atoms with E-state index in [9.17, 15) is 9.59 Å². The molecule has 2 unspecified atom stereocenters. The molecule has 3 aliphatic heterocycles. The van der Waals surface area contributed by atoms with Crippen molar-refractivity contribution < 1.29 is 23.5 Å². The van der Waals surface area contributed by atoms with E-state index in [1.165, 1.54) is 6.07 Å². The molecular weight excluding hydrogens is 521 g/mol. The summed E-state index contributed by atoms with van der Waals surface area (Å²) in [5, 5.41) is 6.64. The van der Waals surface area contributed by atoms with E-state index >= 15 is 4.39 Å². The van der Waals surface area contributed by atoms with Gasteiger partial charge in [-0.1, -0.05) is 42.5 Å². The van der Waals surface area contributed by atoms with Crippen LogP contribution in [0.5, 0.6) is 0 Å². The van der Waals surface area contributed by atoms with Crippen LogP contribution in [0.4, 0.5) is 15.8 Å². The summed E-state index contributed by atoms with van der Waals surface area (Å²) in [7, 11) is 0. The third kappa shape index (κ3) is 5.72. The van der Waals surface area contributed by atoms with Crippen LogP contribution in [0.3, 0.4) is 0 Å². The van der Waals surface area contributed by atoms with E-state index in [4.69, 9.17) is 9.47 Å². The lowest BCUT2D eigenvalue weighted by atomic mass is 9.76. The predicted octanol–water partition coefficient (Wildman–Crippen LogP) is 5.58. The van der Waals surface area contributed by atoms with Crippen LogP contribution in [-0.4, -0.2) is 55.2 Å². The molecule has 3 fully saturated rings. The molecule has 3 aliphatic rings. The zero-order chi connectivity index (χ0) is 28.3. The Morgan fingerprint density at radius 1 is 0.878 bits per heavy atom. The highest BCUT2D eigenvalue weighted by Gasteiger charge is 2.51. The van der Waals surface area contributed by atoms with Gasteiger partial charge in [-0.2, -0.15) is 0 Å². The maximum atomic E-state index is 15.2. The van der Waals surface area contributed by atoms with Crippen LogP contribution in [0.25, 0.3) is 0 Å². The second-order valence-corrected chi connectivity index (χ2v) is 11.3. The van der Waals surface area contributed by atoms with E-state index in [1.807, 2.05) is 54.6 Å². The molecule has 6 rings (SSSR count). The number of nitrogens with one attached hydrogen (secondary N) is 2. The van der Waals surface area contributed by atoms with E-state index in [0.717, 1.165) is 37.3 Å². The molecule has 0 spiro atoms. The molecule has 214 valence electrons. The van der Waals surface area contributed by atoms with Gasteiger partial charge in [0.05, 0.1) is 36.8 Å². The lowest BCUT2D eigenvalue weighted by Crippen LogP contribution is -2.55. The number of rotatable bonds is 6. The number of aryl methyl sites for hydroxylation is 1. The number of para-hydroxylation sites is 1. The number of nitrogens with zero attached hydrogens (tertiary/aromatic N) is 1. The Hall–Kier alpha value is -3.75. The maximum Gasteiger partial charge on any atom is 0.257 e.